The standard InChI is InChI=1S/C23H33N5O2.HI/c1-6-7-19-12-18(13-21(29-4)22(19)30-5)14-26-23(24-3)27-10-8-17(2)20(15-27)28-11-9-25-16-28;/h6,9,11-13,16-17,20H,1,7-8,10,14-15H2,2-5H3,(H,24,26);1H. The van der Waals surface area contributed by atoms with E-state index in [1.54, 1.807) is 14.2 Å². The van der Waals surface area contributed by atoms with E-state index in [1.165, 1.54) is 0 Å². The van der Waals surface area contributed by atoms with Crippen molar-refractivity contribution >= 4 is 29.9 Å². The fraction of sp³-hybridized carbons (Fsp3) is 0.478. The third kappa shape index (κ3) is 5.93. The Labute approximate surface area is 202 Å². The number of benzene rings is 1. The zero-order valence-corrected chi connectivity index (χ0v) is 21.2. The lowest BCUT2D eigenvalue weighted by Gasteiger charge is -2.39. The van der Waals surface area contributed by atoms with Gasteiger partial charge in [-0.15, -0.1) is 30.6 Å². The number of guanidine groups is 1. The highest BCUT2D eigenvalue weighted by Gasteiger charge is 2.28. The number of halogens is 1. The summed E-state index contributed by atoms with van der Waals surface area (Å²) in [5.41, 5.74) is 2.17. The molecule has 8 heteroatoms. The lowest BCUT2D eigenvalue weighted by Crippen LogP contribution is -2.48. The molecule has 2 unspecified atom stereocenters. The maximum Gasteiger partial charge on any atom is 0.193 e. The largest absolute Gasteiger partial charge is 0.493 e. The molecule has 0 bridgehead atoms. The van der Waals surface area contributed by atoms with Gasteiger partial charge in [0.05, 0.1) is 26.6 Å². The molecule has 1 aromatic carbocycles. The molecule has 1 N–H and O–H groups in total. The molecular formula is C23H34IN5O2. The Kier molecular flexibility index (Phi) is 9.67. The molecule has 7 nitrogen and oxygen atoms in total. The van der Waals surface area contributed by atoms with Crippen molar-refractivity contribution in [2.24, 2.45) is 10.9 Å². The fourth-order valence-corrected chi connectivity index (χ4v) is 4.12. The van der Waals surface area contributed by atoms with Crippen LogP contribution in [-0.2, 0) is 13.0 Å². The molecule has 1 aliphatic heterocycles. The van der Waals surface area contributed by atoms with Crippen molar-refractivity contribution in [1.29, 1.82) is 0 Å². The van der Waals surface area contributed by atoms with Gasteiger partial charge in [0.1, 0.15) is 0 Å². The summed E-state index contributed by atoms with van der Waals surface area (Å²) in [6, 6.07) is 4.54. The van der Waals surface area contributed by atoms with E-state index in [2.05, 4.69) is 44.3 Å². The van der Waals surface area contributed by atoms with Crippen LogP contribution in [0, 0.1) is 5.92 Å². The number of aliphatic imine (C=N–C) groups is 1. The average molecular weight is 539 g/mol. The summed E-state index contributed by atoms with van der Waals surface area (Å²) in [6.45, 7) is 8.71. The second kappa shape index (κ2) is 12.0. The number of hydrogen-bond acceptors (Lipinski definition) is 4. The smallest absolute Gasteiger partial charge is 0.193 e. The van der Waals surface area contributed by atoms with E-state index in [0.29, 0.717) is 18.5 Å². The third-order valence-corrected chi connectivity index (χ3v) is 5.77. The predicted octanol–water partition coefficient (Wildman–Crippen LogP) is 3.91. The molecule has 1 aliphatic rings. The van der Waals surface area contributed by atoms with E-state index >= 15 is 0 Å². The van der Waals surface area contributed by atoms with Crippen molar-refractivity contribution in [2.45, 2.75) is 32.4 Å². The first-order valence-corrected chi connectivity index (χ1v) is 10.4. The minimum absolute atomic E-state index is 0. The van der Waals surface area contributed by atoms with E-state index in [9.17, 15) is 0 Å². The molecule has 1 saturated heterocycles. The number of nitrogens with one attached hydrogen (secondary N) is 1. The van der Waals surface area contributed by atoms with Gasteiger partial charge in [0.25, 0.3) is 0 Å². The number of ether oxygens (including phenoxy) is 2. The molecule has 1 aromatic heterocycles. The van der Waals surface area contributed by atoms with E-state index in [1.807, 2.05) is 37.9 Å². The monoisotopic (exact) mass is 539 g/mol. The van der Waals surface area contributed by atoms with Crippen LogP contribution in [0.5, 0.6) is 11.5 Å². The molecule has 0 aliphatic carbocycles. The molecule has 170 valence electrons. The topological polar surface area (TPSA) is 63.9 Å². The SMILES string of the molecule is C=CCc1cc(CNC(=NC)N2CCC(C)C(n3ccnc3)C2)cc(OC)c1OC.I. The number of likely N-dealkylation sites (tertiary alicyclic amines) is 1. The fourth-order valence-electron chi connectivity index (χ4n) is 4.12. The highest BCUT2D eigenvalue weighted by molar-refractivity contribution is 14.0. The van der Waals surface area contributed by atoms with Crippen molar-refractivity contribution < 1.29 is 9.47 Å². The highest BCUT2D eigenvalue weighted by atomic mass is 127. The summed E-state index contributed by atoms with van der Waals surface area (Å²) in [5.74, 6) is 3.00. The normalized spacial score (nSPS) is 18.8. The maximum absolute atomic E-state index is 5.54. The van der Waals surface area contributed by atoms with Crippen LogP contribution in [0.2, 0.25) is 0 Å². The summed E-state index contributed by atoms with van der Waals surface area (Å²) >= 11 is 0. The van der Waals surface area contributed by atoms with Gasteiger partial charge in [-0.25, -0.2) is 4.98 Å². The number of allylic oxidation sites excluding steroid dienone is 1. The number of imidazole rings is 1. The Bertz CT molecular complexity index is 869. The van der Waals surface area contributed by atoms with Crippen molar-refractivity contribution in [1.82, 2.24) is 19.8 Å². The first-order chi connectivity index (χ1) is 14.6. The van der Waals surface area contributed by atoms with Crippen LogP contribution in [0.1, 0.15) is 30.5 Å². The Hall–Kier alpha value is -2.23. The Morgan fingerprint density at radius 3 is 2.77 bits per heavy atom. The molecule has 0 amide bonds. The number of aromatic nitrogens is 2. The average Bonchev–Trinajstić information content (AvgIpc) is 3.29. The minimum Gasteiger partial charge on any atom is -0.493 e. The van der Waals surface area contributed by atoms with E-state index < -0.39 is 0 Å². The Morgan fingerprint density at radius 1 is 1.35 bits per heavy atom. The zero-order chi connectivity index (χ0) is 21.5. The quantitative estimate of drug-likeness (QED) is 0.250. The van der Waals surface area contributed by atoms with Crippen molar-refractivity contribution in [3.63, 3.8) is 0 Å². The van der Waals surface area contributed by atoms with Crippen molar-refractivity contribution in [3.05, 3.63) is 54.6 Å². The van der Waals surface area contributed by atoms with Crippen molar-refractivity contribution in [2.75, 3.05) is 34.4 Å². The molecule has 31 heavy (non-hydrogen) atoms. The molecule has 0 spiro atoms. The van der Waals surface area contributed by atoms with Gasteiger partial charge in [-0.2, -0.15) is 0 Å². The van der Waals surface area contributed by atoms with Crippen LogP contribution in [0.15, 0.2) is 48.5 Å². The van der Waals surface area contributed by atoms with Gasteiger partial charge in [0.15, 0.2) is 17.5 Å². The summed E-state index contributed by atoms with van der Waals surface area (Å²) in [7, 11) is 5.17. The minimum atomic E-state index is 0. The Morgan fingerprint density at radius 2 is 2.16 bits per heavy atom. The molecule has 2 aromatic rings. The molecule has 2 atom stereocenters. The Balaban J connectivity index is 0.00000341. The summed E-state index contributed by atoms with van der Waals surface area (Å²) in [4.78, 5) is 11.1. The summed E-state index contributed by atoms with van der Waals surface area (Å²) in [5, 5.41) is 3.52. The van der Waals surface area contributed by atoms with Crippen molar-refractivity contribution in [3.8, 4) is 11.5 Å². The predicted molar refractivity (Wildman–Crippen MR) is 136 cm³/mol. The van der Waals surface area contributed by atoms with Gasteiger partial charge in [0.2, 0.25) is 0 Å². The van der Waals surface area contributed by atoms with Crippen LogP contribution in [0.3, 0.4) is 0 Å². The van der Waals surface area contributed by atoms with Gasteiger partial charge >= 0.3 is 0 Å². The number of rotatable bonds is 7. The number of hydrogen-bond donors (Lipinski definition) is 1. The molecular weight excluding hydrogens is 505 g/mol. The van der Waals surface area contributed by atoms with Crippen LogP contribution in [0.4, 0.5) is 0 Å². The maximum atomic E-state index is 5.54. The van der Waals surface area contributed by atoms with Gasteiger partial charge in [-0.05, 0) is 36.5 Å². The van der Waals surface area contributed by atoms with E-state index in [-0.39, 0.29) is 24.0 Å². The second-order valence-electron chi connectivity index (χ2n) is 7.67. The van der Waals surface area contributed by atoms with Gasteiger partial charge < -0.3 is 24.3 Å². The first kappa shape index (κ1) is 25.0. The van der Waals surface area contributed by atoms with E-state index in [0.717, 1.165) is 54.5 Å². The second-order valence-corrected chi connectivity index (χ2v) is 7.67. The lowest BCUT2D eigenvalue weighted by atomic mass is 9.93. The van der Waals surface area contributed by atoms with E-state index in [4.69, 9.17) is 9.47 Å². The van der Waals surface area contributed by atoms with Gasteiger partial charge in [-0.1, -0.05) is 13.0 Å². The summed E-state index contributed by atoms with van der Waals surface area (Å²) in [6.07, 6.45) is 9.51. The lowest BCUT2D eigenvalue weighted by molar-refractivity contribution is 0.189. The number of nitrogens with zero attached hydrogens (tertiary/aromatic N) is 4. The van der Waals surface area contributed by atoms with Crippen LogP contribution < -0.4 is 14.8 Å². The van der Waals surface area contributed by atoms with Crippen LogP contribution in [-0.4, -0.2) is 54.8 Å². The zero-order valence-electron chi connectivity index (χ0n) is 18.9. The van der Waals surface area contributed by atoms with Crippen LogP contribution >= 0.6 is 24.0 Å². The van der Waals surface area contributed by atoms with Crippen LogP contribution in [0.25, 0.3) is 0 Å². The first-order valence-electron chi connectivity index (χ1n) is 10.4. The molecule has 0 saturated carbocycles. The molecule has 0 radical (unpaired) electrons. The third-order valence-electron chi connectivity index (χ3n) is 5.77. The van der Waals surface area contributed by atoms with Gasteiger partial charge in [-0.3, -0.25) is 4.99 Å². The molecule has 2 heterocycles. The number of piperidine rings is 1. The number of methoxy groups -OCH3 is 2. The molecule has 1 fully saturated rings. The molecule has 3 rings (SSSR count). The summed E-state index contributed by atoms with van der Waals surface area (Å²) < 4.78 is 13.3. The van der Waals surface area contributed by atoms with Gasteiger partial charge in [0, 0.05) is 44.6 Å². The highest BCUT2D eigenvalue weighted by Crippen LogP contribution is 2.33.